The van der Waals surface area contributed by atoms with E-state index in [9.17, 15) is 24.9 Å². The van der Waals surface area contributed by atoms with Gasteiger partial charge in [-0.25, -0.2) is 0 Å². The molecule has 198 valence electrons. The molecule has 0 saturated heterocycles. The number of carbonyl (C=O) groups is 2. The van der Waals surface area contributed by atoms with E-state index in [2.05, 4.69) is 26.8 Å². The third-order valence-corrected chi connectivity index (χ3v) is 7.85. The van der Waals surface area contributed by atoms with E-state index in [1.807, 2.05) is 20.8 Å². The van der Waals surface area contributed by atoms with Gasteiger partial charge in [0.1, 0.15) is 18.3 Å². The zero-order valence-corrected chi connectivity index (χ0v) is 22.7. The second kappa shape index (κ2) is 14.4. The topological polar surface area (TPSA) is 104 Å². The Kier molecular flexibility index (Phi) is 13.0. The predicted molar refractivity (Wildman–Crippen MR) is 135 cm³/mol. The lowest BCUT2D eigenvalue weighted by molar-refractivity contribution is -0.157. The second-order valence-electron chi connectivity index (χ2n) is 11.3. The fraction of sp³-hybridized carbons (Fsp3) is 0.857. The molecule has 0 saturated carbocycles. The van der Waals surface area contributed by atoms with E-state index in [4.69, 9.17) is 4.74 Å². The van der Waals surface area contributed by atoms with Gasteiger partial charge in [0.25, 0.3) is 0 Å². The lowest BCUT2D eigenvalue weighted by atomic mass is 9.79. The third-order valence-electron chi connectivity index (χ3n) is 7.85. The smallest absolute Gasteiger partial charge is 0.313 e. The first kappa shape index (κ1) is 30.8. The number of aliphatic hydroxyl groups excluding tert-OH is 3. The largest absolute Gasteiger partial charge is 0.461 e. The van der Waals surface area contributed by atoms with Gasteiger partial charge in [-0.1, -0.05) is 60.1 Å². The highest BCUT2D eigenvalue weighted by Crippen LogP contribution is 2.30. The number of aliphatic hydroxyl groups is 3. The van der Waals surface area contributed by atoms with Crippen LogP contribution in [0.2, 0.25) is 0 Å². The summed E-state index contributed by atoms with van der Waals surface area (Å²) in [5.74, 6) is -1.34. The van der Waals surface area contributed by atoms with Crippen molar-refractivity contribution in [1.29, 1.82) is 0 Å². The first-order valence-corrected chi connectivity index (χ1v) is 13.2. The van der Waals surface area contributed by atoms with E-state index in [1.165, 1.54) is 5.57 Å². The molecule has 0 aromatic rings. The fourth-order valence-electron chi connectivity index (χ4n) is 5.43. The van der Waals surface area contributed by atoms with Gasteiger partial charge in [0.05, 0.1) is 18.3 Å². The van der Waals surface area contributed by atoms with Crippen molar-refractivity contribution in [3.05, 3.63) is 11.6 Å². The average molecular weight is 483 g/mol. The summed E-state index contributed by atoms with van der Waals surface area (Å²) in [6, 6.07) is 0. The van der Waals surface area contributed by atoms with Gasteiger partial charge in [-0.05, 0) is 44.4 Å². The lowest BCUT2D eigenvalue weighted by Gasteiger charge is -2.35. The number of hydrogen-bond acceptors (Lipinski definition) is 6. The van der Waals surface area contributed by atoms with Crippen LogP contribution in [0.3, 0.4) is 0 Å². The Morgan fingerprint density at radius 1 is 0.971 bits per heavy atom. The molecule has 0 aromatic heterocycles. The first-order valence-electron chi connectivity index (χ1n) is 13.2. The van der Waals surface area contributed by atoms with Crippen LogP contribution in [-0.2, 0) is 14.3 Å². The van der Waals surface area contributed by atoms with Crippen molar-refractivity contribution < 1.29 is 29.6 Å². The molecule has 0 fully saturated rings. The van der Waals surface area contributed by atoms with Crippen molar-refractivity contribution in [3.8, 4) is 0 Å². The molecule has 0 amide bonds. The molecule has 0 radical (unpaired) electrons. The summed E-state index contributed by atoms with van der Waals surface area (Å²) in [6.07, 6.45) is 2.39. The number of cyclic esters (lactones) is 1. The van der Waals surface area contributed by atoms with Gasteiger partial charge in [0.2, 0.25) is 0 Å². The maximum atomic E-state index is 12.7. The Morgan fingerprint density at radius 2 is 1.59 bits per heavy atom. The van der Waals surface area contributed by atoms with Gasteiger partial charge in [-0.3, -0.25) is 9.59 Å². The molecule has 1 rings (SSSR count). The summed E-state index contributed by atoms with van der Waals surface area (Å²) in [5.41, 5.74) is 1.22. The molecule has 34 heavy (non-hydrogen) atoms. The number of rotatable bonds is 7. The van der Waals surface area contributed by atoms with Crippen LogP contribution in [0.15, 0.2) is 11.6 Å². The molecule has 10 atom stereocenters. The summed E-state index contributed by atoms with van der Waals surface area (Å²) >= 11 is 0. The van der Waals surface area contributed by atoms with Gasteiger partial charge >= 0.3 is 5.97 Å². The number of allylic oxidation sites excluding steroid dienone is 1. The minimum absolute atomic E-state index is 0.105. The number of Topliss-reactive ketones (excluding diaryl/α,β-unsaturated/α-hetero) is 1. The van der Waals surface area contributed by atoms with Crippen LogP contribution in [0.4, 0.5) is 0 Å². The molecule has 6 heteroatoms. The molecule has 6 nitrogen and oxygen atoms in total. The van der Waals surface area contributed by atoms with Crippen molar-refractivity contribution in [3.63, 3.8) is 0 Å². The van der Waals surface area contributed by atoms with Crippen LogP contribution < -0.4 is 0 Å². The minimum atomic E-state index is -0.943. The van der Waals surface area contributed by atoms with Crippen LogP contribution in [-0.4, -0.2) is 51.5 Å². The zero-order chi connectivity index (χ0) is 26.2. The predicted octanol–water partition coefficient (Wildman–Crippen LogP) is 4.69. The Hall–Kier alpha value is -1.24. The maximum Gasteiger partial charge on any atom is 0.313 e. The average Bonchev–Trinajstić information content (AvgIpc) is 2.77. The third kappa shape index (κ3) is 9.43. The van der Waals surface area contributed by atoms with Crippen LogP contribution in [0.25, 0.3) is 0 Å². The van der Waals surface area contributed by atoms with Crippen LogP contribution >= 0.6 is 0 Å². The van der Waals surface area contributed by atoms with Gasteiger partial charge in [-0.2, -0.15) is 0 Å². The van der Waals surface area contributed by atoms with Gasteiger partial charge in [0, 0.05) is 30.1 Å². The van der Waals surface area contributed by atoms with E-state index in [-0.39, 0.29) is 18.1 Å². The molecule has 0 aromatic carbocycles. The van der Waals surface area contributed by atoms with Crippen LogP contribution in [0.5, 0.6) is 0 Å². The van der Waals surface area contributed by atoms with E-state index < -0.39 is 48.1 Å². The molecule has 0 spiro atoms. The summed E-state index contributed by atoms with van der Waals surface area (Å²) < 4.78 is 5.76. The maximum absolute atomic E-state index is 12.7. The Morgan fingerprint density at radius 3 is 2.18 bits per heavy atom. The minimum Gasteiger partial charge on any atom is -0.461 e. The van der Waals surface area contributed by atoms with Crippen LogP contribution in [0, 0.1) is 35.5 Å². The monoisotopic (exact) mass is 482 g/mol. The van der Waals surface area contributed by atoms with Gasteiger partial charge in [0.15, 0.2) is 0 Å². The lowest BCUT2D eigenvalue weighted by Crippen LogP contribution is -2.44. The van der Waals surface area contributed by atoms with E-state index in [0.717, 1.165) is 19.3 Å². The van der Waals surface area contributed by atoms with Crippen molar-refractivity contribution in [2.45, 2.75) is 118 Å². The second-order valence-corrected chi connectivity index (χ2v) is 11.3. The number of carbonyl (C=O) groups excluding carboxylic acids is 2. The van der Waals surface area contributed by atoms with Gasteiger partial charge < -0.3 is 20.1 Å². The highest BCUT2D eigenvalue weighted by atomic mass is 16.5. The van der Waals surface area contributed by atoms with E-state index >= 15 is 0 Å². The SMILES string of the molecule is CC[C@H](O)[C@@H](C)[C@@H](O)[C@H](C)[C@H](O)[C@H](C)[C@@H]1C/C=C(\C)C[C@H](C)C[C@H](C)C[C@@H](C)C(=O)CC(=O)O1. The molecular formula is C28H50O6. The number of ether oxygens (including phenoxy) is 1. The molecule has 3 N–H and O–H groups in total. The quantitative estimate of drug-likeness (QED) is 0.276. The summed E-state index contributed by atoms with van der Waals surface area (Å²) in [4.78, 5) is 25.3. The van der Waals surface area contributed by atoms with E-state index in [1.54, 1.807) is 13.8 Å². The van der Waals surface area contributed by atoms with E-state index in [0.29, 0.717) is 24.7 Å². The number of ketones is 1. The first-order chi connectivity index (χ1) is 15.8. The summed E-state index contributed by atoms with van der Waals surface area (Å²) in [6.45, 7) is 15.5. The fourth-order valence-corrected chi connectivity index (χ4v) is 5.43. The molecule has 1 aliphatic heterocycles. The Labute approximate surface area is 207 Å². The Bertz CT molecular complexity index is 674. The molecule has 0 unspecified atom stereocenters. The van der Waals surface area contributed by atoms with Crippen molar-refractivity contribution in [1.82, 2.24) is 0 Å². The van der Waals surface area contributed by atoms with Gasteiger partial charge in [-0.15, -0.1) is 0 Å². The zero-order valence-electron chi connectivity index (χ0n) is 22.7. The number of esters is 1. The summed E-state index contributed by atoms with van der Waals surface area (Å²) in [5, 5.41) is 31.9. The molecule has 0 bridgehead atoms. The van der Waals surface area contributed by atoms with Crippen LogP contribution in [0.1, 0.15) is 93.9 Å². The normalized spacial score (nSPS) is 32.9. The number of hydrogen-bond donors (Lipinski definition) is 3. The highest BCUT2D eigenvalue weighted by Gasteiger charge is 2.37. The Balaban J connectivity index is 3.09. The standard InChI is InChI=1S/C28H50O6/c1-9-23(29)20(6)27(32)22(8)28(33)21(7)25-11-10-16(2)12-17(3)13-18(4)14-19(5)24(30)15-26(31)34-25/h10,17-23,25,27-29,32-33H,9,11-15H2,1-8H3/b16-10+/t17-,18-,19+,20+,21+,22-,23-,25-,27+,28+/m0/s1. The molecule has 0 aliphatic carbocycles. The molecular weight excluding hydrogens is 432 g/mol. The molecule has 1 aliphatic rings. The highest BCUT2D eigenvalue weighted by molar-refractivity contribution is 5.96. The summed E-state index contributed by atoms with van der Waals surface area (Å²) in [7, 11) is 0. The van der Waals surface area contributed by atoms with Crippen molar-refractivity contribution in [2.24, 2.45) is 35.5 Å². The van der Waals surface area contributed by atoms with Crippen molar-refractivity contribution in [2.75, 3.05) is 0 Å². The van der Waals surface area contributed by atoms with Crippen molar-refractivity contribution >= 4 is 11.8 Å². The molecule has 1 heterocycles.